The Morgan fingerprint density at radius 2 is 2.40 bits per heavy atom. The lowest BCUT2D eigenvalue weighted by Crippen LogP contribution is -2.19. The molecule has 0 atom stereocenters. The fourth-order valence-electron chi connectivity index (χ4n) is 1.36. The van der Waals surface area contributed by atoms with Crippen LogP contribution in [0.5, 0.6) is 0 Å². The van der Waals surface area contributed by atoms with Crippen molar-refractivity contribution in [2.45, 2.75) is 26.4 Å². The van der Waals surface area contributed by atoms with Crippen LogP contribution < -0.4 is 5.32 Å². The van der Waals surface area contributed by atoms with Crippen molar-refractivity contribution in [2.75, 3.05) is 13.7 Å². The number of hydrogen-bond donors (Lipinski definition) is 1. The lowest BCUT2D eigenvalue weighted by Gasteiger charge is -2.08. The van der Waals surface area contributed by atoms with E-state index in [1.807, 2.05) is 22.9 Å². The highest BCUT2D eigenvalue weighted by Gasteiger charge is 2.05. The van der Waals surface area contributed by atoms with E-state index in [9.17, 15) is 4.79 Å². The monoisotopic (exact) mass is 210 g/mol. The molecule has 0 spiro atoms. The average Bonchev–Trinajstić information content (AvgIpc) is 2.66. The van der Waals surface area contributed by atoms with Crippen LogP contribution in [0, 0.1) is 0 Å². The second-order valence-corrected chi connectivity index (χ2v) is 3.38. The summed E-state index contributed by atoms with van der Waals surface area (Å²) in [5.41, 5.74) is 1.11. The number of ether oxygens (including phenoxy) is 1. The topological polar surface area (TPSA) is 43.3 Å². The highest BCUT2D eigenvalue weighted by atomic mass is 16.5. The summed E-state index contributed by atoms with van der Waals surface area (Å²) < 4.78 is 6.52. The molecule has 0 amide bonds. The summed E-state index contributed by atoms with van der Waals surface area (Å²) in [7, 11) is 1.40. The smallest absolute Gasteiger partial charge is 0.325 e. The van der Waals surface area contributed by atoms with Crippen molar-refractivity contribution >= 4 is 5.97 Å². The van der Waals surface area contributed by atoms with E-state index in [1.54, 1.807) is 0 Å². The second kappa shape index (κ2) is 6.24. The van der Waals surface area contributed by atoms with Crippen LogP contribution in [-0.4, -0.2) is 24.2 Å². The van der Waals surface area contributed by atoms with Crippen LogP contribution in [0.2, 0.25) is 0 Å². The Morgan fingerprint density at radius 3 is 3.07 bits per heavy atom. The van der Waals surface area contributed by atoms with Crippen molar-refractivity contribution in [3.05, 3.63) is 24.0 Å². The van der Waals surface area contributed by atoms with Crippen molar-refractivity contribution in [1.82, 2.24) is 9.88 Å². The summed E-state index contributed by atoms with van der Waals surface area (Å²) in [6.45, 7) is 4.19. The maximum absolute atomic E-state index is 11.1. The Kier molecular flexibility index (Phi) is 4.90. The molecule has 0 aliphatic heterocycles. The molecule has 1 rings (SSSR count). The summed E-state index contributed by atoms with van der Waals surface area (Å²) in [5, 5.41) is 3.30. The van der Waals surface area contributed by atoms with Gasteiger partial charge in [-0.15, -0.1) is 0 Å². The van der Waals surface area contributed by atoms with Gasteiger partial charge in [-0.05, 0) is 25.1 Å². The average molecular weight is 210 g/mol. The van der Waals surface area contributed by atoms with Gasteiger partial charge in [0, 0.05) is 18.4 Å². The SMILES string of the molecule is CCCNCc1cccn1CC(=O)OC. The maximum atomic E-state index is 11.1. The van der Waals surface area contributed by atoms with Crippen molar-refractivity contribution < 1.29 is 9.53 Å². The minimum absolute atomic E-state index is 0.219. The first-order valence-corrected chi connectivity index (χ1v) is 5.19. The lowest BCUT2D eigenvalue weighted by molar-refractivity contribution is -0.141. The third-order valence-electron chi connectivity index (χ3n) is 2.18. The van der Waals surface area contributed by atoms with Gasteiger partial charge in [0.25, 0.3) is 0 Å². The third kappa shape index (κ3) is 3.75. The summed E-state index contributed by atoms with van der Waals surface area (Å²) >= 11 is 0. The molecule has 1 aromatic rings. The normalized spacial score (nSPS) is 10.3. The van der Waals surface area contributed by atoms with E-state index in [4.69, 9.17) is 0 Å². The minimum Gasteiger partial charge on any atom is -0.468 e. The van der Waals surface area contributed by atoms with Gasteiger partial charge in [0.15, 0.2) is 0 Å². The molecule has 0 fully saturated rings. The maximum Gasteiger partial charge on any atom is 0.325 e. The molecular formula is C11H18N2O2. The number of aromatic nitrogens is 1. The molecule has 0 unspecified atom stereocenters. The number of carbonyl (C=O) groups is 1. The fourth-order valence-corrected chi connectivity index (χ4v) is 1.36. The van der Waals surface area contributed by atoms with Gasteiger partial charge in [0.05, 0.1) is 7.11 Å². The fraction of sp³-hybridized carbons (Fsp3) is 0.545. The Bertz CT molecular complexity index is 307. The van der Waals surface area contributed by atoms with Crippen LogP contribution in [0.1, 0.15) is 19.0 Å². The molecule has 0 radical (unpaired) electrons. The molecule has 0 aromatic carbocycles. The number of hydrogen-bond acceptors (Lipinski definition) is 3. The van der Waals surface area contributed by atoms with Gasteiger partial charge in [-0.2, -0.15) is 0 Å². The number of esters is 1. The first-order chi connectivity index (χ1) is 7.27. The molecule has 0 saturated carbocycles. The van der Waals surface area contributed by atoms with Gasteiger partial charge in [-0.25, -0.2) is 0 Å². The zero-order valence-corrected chi connectivity index (χ0v) is 9.32. The predicted molar refractivity (Wildman–Crippen MR) is 58.4 cm³/mol. The van der Waals surface area contributed by atoms with E-state index >= 15 is 0 Å². The molecule has 1 aromatic heterocycles. The molecule has 84 valence electrons. The predicted octanol–water partition coefficient (Wildman–Crippen LogP) is 1.16. The first-order valence-electron chi connectivity index (χ1n) is 5.19. The van der Waals surface area contributed by atoms with E-state index in [0.29, 0.717) is 0 Å². The third-order valence-corrected chi connectivity index (χ3v) is 2.18. The highest BCUT2D eigenvalue weighted by molar-refractivity contribution is 5.69. The molecular weight excluding hydrogens is 192 g/mol. The molecule has 4 nitrogen and oxygen atoms in total. The van der Waals surface area contributed by atoms with E-state index in [2.05, 4.69) is 17.0 Å². The number of rotatable bonds is 6. The Morgan fingerprint density at radius 1 is 1.60 bits per heavy atom. The van der Waals surface area contributed by atoms with Gasteiger partial charge in [-0.1, -0.05) is 6.92 Å². The molecule has 0 saturated heterocycles. The summed E-state index contributed by atoms with van der Waals surface area (Å²) in [4.78, 5) is 11.1. The molecule has 15 heavy (non-hydrogen) atoms. The van der Waals surface area contributed by atoms with Crippen LogP contribution in [0.15, 0.2) is 18.3 Å². The lowest BCUT2D eigenvalue weighted by atomic mass is 10.4. The molecule has 1 heterocycles. The van der Waals surface area contributed by atoms with E-state index < -0.39 is 0 Å². The molecule has 1 N–H and O–H groups in total. The Labute approximate surface area is 90.2 Å². The second-order valence-electron chi connectivity index (χ2n) is 3.38. The van der Waals surface area contributed by atoms with Gasteiger partial charge in [0.1, 0.15) is 6.54 Å². The Balaban J connectivity index is 2.49. The van der Waals surface area contributed by atoms with Crippen molar-refractivity contribution in [2.24, 2.45) is 0 Å². The van der Waals surface area contributed by atoms with Crippen molar-refractivity contribution in [1.29, 1.82) is 0 Å². The van der Waals surface area contributed by atoms with Crippen molar-refractivity contribution in [3.8, 4) is 0 Å². The summed E-state index contributed by atoms with van der Waals surface area (Å²) in [5.74, 6) is -0.219. The Hall–Kier alpha value is -1.29. The summed E-state index contributed by atoms with van der Waals surface area (Å²) in [6.07, 6.45) is 3.00. The quantitative estimate of drug-likeness (QED) is 0.566. The van der Waals surface area contributed by atoms with Gasteiger partial charge >= 0.3 is 5.97 Å². The number of carbonyl (C=O) groups excluding carboxylic acids is 1. The zero-order chi connectivity index (χ0) is 11.1. The first kappa shape index (κ1) is 11.8. The minimum atomic E-state index is -0.219. The largest absolute Gasteiger partial charge is 0.468 e. The van der Waals surface area contributed by atoms with Crippen LogP contribution in [0.25, 0.3) is 0 Å². The summed E-state index contributed by atoms with van der Waals surface area (Å²) in [6, 6.07) is 3.94. The van der Waals surface area contributed by atoms with Gasteiger partial charge in [-0.3, -0.25) is 4.79 Å². The number of methoxy groups -OCH3 is 1. The van der Waals surface area contributed by atoms with E-state index in [0.717, 1.165) is 25.2 Å². The van der Waals surface area contributed by atoms with Crippen molar-refractivity contribution in [3.63, 3.8) is 0 Å². The van der Waals surface area contributed by atoms with E-state index in [1.165, 1.54) is 7.11 Å². The number of nitrogens with one attached hydrogen (secondary N) is 1. The number of nitrogens with zero attached hydrogens (tertiary/aromatic N) is 1. The molecule has 0 aliphatic rings. The zero-order valence-electron chi connectivity index (χ0n) is 9.32. The highest BCUT2D eigenvalue weighted by Crippen LogP contribution is 2.02. The van der Waals surface area contributed by atoms with Crippen LogP contribution in [0.4, 0.5) is 0 Å². The standard InChI is InChI=1S/C11H18N2O2/c1-3-6-12-8-10-5-4-7-13(10)9-11(14)15-2/h4-5,7,12H,3,6,8-9H2,1-2H3. The van der Waals surface area contributed by atoms with Gasteiger partial charge in [0.2, 0.25) is 0 Å². The van der Waals surface area contributed by atoms with Gasteiger partial charge < -0.3 is 14.6 Å². The van der Waals surface area contributed by atoms with Crippen LogP contribution in [-0.2, 0) is 22.6 Å². The molecule has 0 bridgehead atoms. The molecule has 4 heteroatoms. The van der Waals surface area contributed by atoms with E-state index in [-0.39, 0.29) is 12.5 Å². The van der Waals surface area contributed by atoms with Crippen LogP contribution >= 0.6 is 0 Å². The van der Waals surface area contributed by atoms with Crippen LogP contribution in [0.3, 0.4) is 0 Å². The molecule has 0 aliphatic carbocycles.